The zero-order valence-electron chi connectivity index (χ0n) is 15.7. The van der Waals surface area contributed by atoms with E-state index in [1.54, 1.807) is 18.2 Å². The number of hydrogen-bond acceptors (Lipinski definition) is 2. The van der Waals surface area contributed by atoms with Crippen LogP contribution in [0, 0.1) is 5.82 Å². The molecule has 4 rings (SSSR count). The van der Waals surface area contributed by atoms with Gasteiger partial charge in [-0.05, 0) is 43.9 Å². The molecule has 0 unspecified atom stereocenters. The van der Waals surface area contributed by atoms with Crippen molar-refractivity contribution >= 4 is 16.8 Å². The van der Waals surface area contributed by atoms with Crippen molar-refractivity contribution in [3.63, 3.8) is 0 Å². The smallest absolute Gasteiger partial charge is 0.253 e. The van der Waals surface area contributed by atoms with Crippen LogP contribution in [0.4, 0.5) is 8.78 Å². The number of aromatic nitrogens is 1. The quantitative estimate of drug-likeness (QED) is 0.654. The molecule has 1 N–H and O–H groups in total. The number of para-hydroxylation sites is 1. The lowest BCUT2D eigenvalue weighted by molar-refractivity contribution is 0.0877. The number of halogens is 2. The van der Waals surface area contributed by atoms with E-state index in [0.717, 1.165) is 5.56 Å². The summed E-state index contributed by atoms with van der Waals surface area (Å²) in [5.74, 6) is -0.757. The Labute approximate surface area is 162 Å². The van der Waals surface area contributed by atoms with Crippen molar-refractivity contribution < 1.29 is 13.6 Å². The minimum atomic E-state index is -1.21. The maximum absolute atomic E-state index is 14.6. The van der Waals surface area contributed by atoms with Crippen molar-refractivity contribution in [3.8, 4) is 0 Å². The minimum Gasteiger partial charge on any atom is -0.346 e. The molecule has 0 spiro atoms. The number of benzene rings is 2. The minimum absolute atomic E-state index is 0.229. The van der Waals surface area contributed by atoms with Crippen LogP contribution in [0.5, 0.6) is 0 Å². The third-order valence-corrected chi connectivity index (χ3v) is 5.28. The molecule has 0 aliphatic heterocycles. The summed E-state index contributed by atoms with van der Waals surface area (Å²) in [5.41, 5.74) is -0.344. The van der Waals surface area contributed by atoms with Crippen molar-refractivity contribution in [3.05, 3.63) is 77.7 Å². The molecule has 0 radical (unpaired) electrons. The average molecular weight is 380 g/mol. The summed E-state index contributed by atoms with van der Waals surface area (Å²) in [6.07, 6.45) is 3.22. The second kappa shape index (κ2) is 6.97. The topological polar surface area (TPSA) is 42.0 Å². The Morgan fingerprint density at radius 1 is 1.18 bits per heavy atom. The van der Waals surface area contributed by atoms with E-state index in [1.165, 1.54) is 12.3 Å². The lowest BCUT2D eigenvalue weighted by Crippen LogP contribution is -2.49. The van der Waals surface area contributed by atoms with E-state index in [4.69, 9.17) is 0 Å². The molecule has 1 amide bonds. The third kappa shape index (κ3) is 4.03. The molecule has 1 aromatic heterocycles. The summed E-state index contributed by atoms with van der Waals surface area (Å²) in [6.45, 7) is 1.88. The zero-order valence-corrected chi connectivity index (χ0v) is 15.7. The highest BCUT2D eigenvalue weighted by Gasteiger charge is 2.48. The predicted molar refractivity (Wildman–Crippen MR) is 105 cm³/mol. The third-order valence-electron chi connectivity index (χ3n) is 5.28. The lowest BCUT2D eigenvalue weighted by atomic mass is 9.86. The second-order valence-electron chi connectivity index (χ2n) is 8.04. The Morgan fingerprint density at radius 3 is 2.64 bits per heavy atom. The Hall–Kier alpha value is -2.82. The van der Waals surface area contributed by atoms with Crippen LogP contribution in [0.3, 0.4) is 0 Å². The van der Waals surface area contributed by atoms with Crippen LogP contribution in [0.15, 0.2) is 60.8 Å². The summed E-state index contributed by atoms with van der Waals surface area (Å²) >= 11 is 0. The van der Waals surface area contributed by atoms with Crippen molar-refractivity contribution in [2.75, 3.05) is 0 Å². The molecule has 5 heteroatoms. The van der Waals surface area contributed by atoms with Crippen LogP contribution in [0.2, 0.25) is 0 Å². The van der Waals surface area contributed by atoms with Crippen LogP contribution in [-0.2, 0) is 6.42 Å². The van der Waals surface area contributed by atoms with Crippen molar-refractivity contribution in [2.45, 2.75) is 43.8 Å². The van der Waals surface area contributed by atoms with Crippen LogP contribution >= 0.6 is 0 Å². The Bertz CT molecular complexity index is 1020. The van der Waals surface area contributed by atoms with Gasteiger partial charge in [-0.3, -0.25) is 9.78 Å². The predicted octanol–water partition coefficient (Wildman–Crippen LogP) is 5.00. The summed E-state index contributed by atoms with van der Waals surface area (Å²) in [5, 5.41) is 3.58. The number of fused-ring (bicyclic) bond motifs is 1. The SMILES string of the molecule is C[C@](Cc1ccccc1)(CC1(F)CC1)NC(=O)c1cnc2c(F)cccc2c1. The van der Waals surface area contributed by atoms with Crippen molar-refractivity contribution in [1.82, 2.24) is 10.3 Å². The number of amides is 1. The summed E-state index contributed by atoms with van der Waals surface area (Å²) in [6, 6.07) is 16.0. The number of nitrogens with one attached hydrogen (secondary N) is 1. The number of hydrogen-bond donors (Lipinski definition) is 1. The highest BCUT2D eigenvalue weighted by atomic mass is 19.1. The van der Waals surface area contributed by atoms with Gasteiger partial charge in [0.25, 0.3) is 5.91 Å². The van der Waals surface area contributed by atoms with E-state index in [1.807, 2.05) is 37.3 Å². The van der Waals surface area contributed by atoms with Gasteiger partial charge in [0.05, 0.1) is 5.56 Å². The van der Waals surface area contributed by atoms with Crippen LogP contribution in [0.25, 0.3) is 10.9 Å². The highest BCUT2D eigenvalue weighted by Crippen LogP contribution is 2.46. The number of carbonyl (C=O) groups is 1. The molecule has 1 fully saturated rings. The number of rotatable bonds is 6. The number of nitrogens with zero attached hydrogens (tertiary/aromatic N) is 1. The molecule has 144 valence electrons. The van der Waals surface area contributed by atoms with Crippen molar-refractivity contribution in [1.29, 1.82) is 0 Å². The fourth-order valence-electron chi connectivity index (χ4n) is 3.80. The average Bonchev–Trinajstić information content (AvgIpc) is 3.38. The molecular formula is C23H22F2N2O. The van der Waals surface area contributed by atoms with Crippen LogP contribution in [-0.4, -0.2) is 22.1 Å². The monoisotopic (exact) mass is 380 g/mol. The number of alkyl halides is 1. The van der Waals surface area contributed by atoms with Gasteiger partial charge < -0.3 is 5.32 Å². The standard InChI is InChI=1S/C23H22F2N2O/c1-22(15-23(25)10-11-23,13-16-6-3-2-4-7-16)27-21(28)18-12-17-8-5-9-19(24)20(17)26-14-18/h2-9,12,14H,10-11,13,15H2,1H3,(H,27,28)/t22-/m0/s1. The molecular weight excluding hydrogens is 358 g/mol. The van der Waals surface area contributed by atoms with Gasteiger partial charge in [-0.25, -0.2) is 8.78 Å². The Balaban J connectivity index is 1.59. The van der Waals surface area contributed by atoms with Gasteiger partial charge in [0.2, 0.25) is 0 Å². The lowest BCUT2D eigenvalue weighted by Gasteiger charge is -2.33. The molecule has 1 heterocycles. The first kappa shape index (κ1) is 18.5. The van der Waals surface area contributed by atoms with E-state index >= 15 is 0 Å². The molecule has 28 heavy (non-hydrogen) atoms. The molecule has 1 aliphatic rings. The second-order valence-corrected chi connectivity index (χ2v) is 8.04. The van der Waals surface area contributed by atoms with E-state index in [9.17, 15) is 13.6 Å². The van der Waals surface area contributed by atoms with Gasteiger partial charge in [-0.1, -0.05) is 42.5 Å². The van der Waals surface area contributed by atoms with Gasteiger partial charge in [0.15, 0.2) is 0 Å². The first-order valence-electron chi connectivity index (χ1n) is 9.46. The number of pyridine rings is 1. The van der Waals surface area contributed by atoms with Gasteiger partial charge in [-0.15, -0.1) is 0 Å². The van der Waals surface area contributed by atoms with Gasteiger partial charge in [-0.2, -0.15) is 0 Å². The van der Waals surface area contributed by atoms with Crippen LogP contribution < -0.4 is 5.32 Å². The zero-order chi connectivity index (χ0) is 19.8. The van der Waals surface area contributed by atoms with Gasteiger partial charge in [0.1, 0.15) is 17.0 Å². The van der Waals surface area contributed by atoms with E-state index in [2.05, 4.69) is 10.3 Å². The van der Waals surface area contributed by atoms with E-state index in [0.29, 0.717) is 30.2 Å². The van der Waals surface area contributed by atoms with E-state index in [-0.39, 0.29) is 17.8 Å². The maximum atomic E-state index is 14.6. The summed E-state index contributed by atoms with van der Waals surface area (Å²) in [4.78, 5) is 17.0. The number of carbonyl (C=O) groups excluding carboxylic acids is 1. The van der Waals surface area contributed by atoms with Gasteiger partial charge >= 0.3 is 0 Å². The molecule has 3 nitrogen and oxygen atoms in total. The molecule has 3 aromatic rings. The molecule has 0 bridgehead atoms. The summed E-state index contributed by atoms with van der Waals surface area (Å²) in [7, 11) is 0. The fraction of sp³-hybridized carbons (Fsp3) is 0.304. The fourth-order valence-corrected chi connectivity index (χ4v) is 3.80. The first-order chi connectivity index (χ1) is 13.4. The molecule has 0 saturated heterocycles. The first-order valence-corrected chi connectivity index (χ1v) is 9.46. The normalized spacial score (nSPS) is 17.1. The van der Waals surface area contributed by atoms with Crippen molar-refractivity contribution in [2.24, 2.45) is 0 Å². The highest BCUT2D eigenvalue weighted by molar-refractivity contribution is 5.97. The largest absolute Gasteiger partial charge is 0.346 e. The van der Waals surface area contributed by atoms with Gasteiger partial charge in [0, 0.05) is 23.5 Å². The Kier molecular flexibility index (Phi) is 4.61. The van der Waals surface area contributed by atoms with Crippen LogP contribution in [0.1, 0.15) is 42.1 Å². The molecule has 1 atom stereocenters. The maximum Gasteiger partial charge on any atom is 0.253 e. The molecule has 2 aromatic carbocycles. The van der Waals surface area contributed by atoms with E-state index < -0.39 is 17.0 Å². The molecule has 1 aliphatic carbocycles. The molecule has 1 saturated carbocycles. The Morgan fingerprint density at radius 2 is 1.93 bits per heavy atom. The summed E-state index contributed by atoms with van der Waals surface area (Å²) < 4.78 is 28.4.